The minimum atomic E-state index is -0.314. The highest BCUT2D eigenvalue weighted by atomic mass is 32.2. The van der Waals surface area contributed by atoms with Crippen molar-refractivity contribution in [3.63, 3.8) is 0 Å². The monoisotopic (exact) mass is 344 g/mol. The molecule has 1 saturated heterocycles. The quantitative estimate of drug-likeness (QED) is 0.661. The lowest BCUT2D eigenvalue weighted by molar-refractivity contribution is -0.115. The number of nitrogens with zero attached hydrogens (tertiary/aromatic N) is 1. The molecular formula is C17H13FN2OS2. The summed E-state index contributed by atoms with van der Waals surface area (Å²) in [6.45, 7) is 0. The van der Waals surface area contributed by atoms with Crippen molar-refractivity contribution >= 4 is 46.4 Å². The Morgan fingerprint density at radius 2 is 1.83 bits per heavy atom. The lowest BCUT2D eigenvalue weighted by Gasteiger charge is -1.98. The minimum absolute atomic E-state index is 0.176. The number of amides is 1. The van der Waals surface area contributed by atoms with Gasteiger partial charge in [-0.1, -0.05) is 12.1 Å². The second kappa shape index (κ2) is 7.02. The highest BCUT2D eigenvalue weighted by Crippen LogP contribution is 2.28. The zero-order valence-corrected chi connectivity index (χ0v) is 13.9. The van der Waals surface area contributed by atoms with Crippen LogP contribution < -0.4 is 5.32 Å². The van der Waals surface area contributed by atoms with Gasteiger partial charge in [-0.15, -0.1) is 11.8 Å². The summed E-state index contributed by atoms with van der Waals surface area (Å²) in [5.74, 6) is -0.490. The van der Waals surface area contributed by atoms with Crippen LogP contribution in [0, 0.1) is 5.82 Å². The summed E-state index contributed by atoms with van der Waals surface area (Å²) in [4.78, 5) is 18.1. The standard InChI is InChI=1S/C17H13FN2OS2/c1-22-14-8-2-11(3-9-14)10-15-16(21)20-17(23-15)19-13-6-4-12(18)5-7-13/h2-10H,1H3,(H,19,20,21). The highest BCUT2D eigenvalue weighted by molar-refractivity contribution is 8.18. The summed E-state index contributed by atoms with van der Waals surface area (Å²) in [5.41, 5.74) is 1.56. The second-order valence-corrected chi connectivity index (χ2v) is 6.64. The summed E-state index contributed by atoms with van der Waals surface area (Å²) in [5, 5.41) is 3.21. The summed E-state index contributed by atoms with van der Waals surface area (Å²) < 4.78 is 12.9. The number of carbonyl (C=O) groups is 1. The van der Waals surface area contributed by atoms with E-state index in [4.69, 9.17) is 0 Å². The van der Waals surface area contributed by atoms with Crippen molar-refractivity contribution < 1.29 is 9.18 Å². The predicted molar refractivity (Wildman–Crippen MR) is 95.4 cm³/mol. The fraction of sp³-hybridized carbons (Fsp3) is 0.0588. The lowest BCUT2D eigenvalue weighted by atomic mass is 10.2. The number of hydrogen-bond acceptors (Lipinski definition) is 4. The van der Waals surface area contributed by atoms with E-state index in [1.54, 1.807) is 23.9 Å². The number of carbonyl (C=O) groups excluding carboxylic acids is 1. The van der Waals surface area contributed by atoms with Gasteiger partial charge in [0.2, 0.25) is 0 Å². The van der Waals surface area contributed by atoms with E-state index < -0.39 is 0 Å². The third-order valence-corrected chi connectivity index (χ3v) is 4.78. The van der Waals surface area contributed by atoms with Crippen molar-refractivity contribution in [3.05, 3.63) is 64.8 Å². The smallest absolute Gasteiger partial charge is 0.264 e. The van der Waals surface area contributed by atoms with E-state index in [0.29, 0.717) is 15.8 Å². The summed E-state index contributed by atoms with van der Waals surface area (Å²) in [6, 6.07) is 13.8. The molecule has 3 rings (SSSR count). The molecule has 0 saturated carbocycles. The molecule has 0 aromatic heterocycles. The molecule has 2 aromatic rings. The Labute approximate surface area is 142 Å². The average molecular weight is 344 g/mol. The molecule has 1 aliphatic rings. The van der Waals surface area contributed by atoms with Crippen LogP contribution in [-0.2, 0) is 4.79 Å². The number of rotatable bonds is 3. The van der Waals surface area contributed by atoms with Crippen molar-refractivity contribution in [3.8, 4) is 0 Å². The second-order valence-electron chi connectivity index (χ2n) is 4.73. The number of benzene rings is 2. The third kappa shape index (κ3) is 4.03. The molecule has 1 fully saturated rings. The van der Waals surface area contributed by atoms with Crippen LogP contribution in [0.5, 0.6) is 0 Å². The van der Waals surface area contributed by atoms with Crippen LogP contribution in [0.4, 0.5) is 10.1 Å². The van der Waals surface area contributed by atoms with Crippen LogP contribution in [0.25, 0.3) is 6.08 Å². The van der Waals surface area contributed by atoms with Crippen LogP contribution in [0.3, 0.4) is 0 Å². The van der Waals surface area contributed by atoms with Crippen molar-refractivity contribution in [1.29, 1.82) is 0 Å². The maximum atomic E-state index is 12.9. The first-order valence-corrected chi connectivity index (χ1v) is 8.87. The molecule has 0 bridgehead atoms. The van der Waals surface area contributed by atoms with Gasteiger partial charge in [-0.3, -0.25) is 4.79 Å². The first kappa shape index (κ1) is 15.8. The number of thioether (sulfide) groups is 2. The van der Waals surface area contributed by atoms with Gasteiger partial charge < -0.3 is 5.32 Å². The van der Waals surface area contributed by atoms with E-state index in [1.165, 1.54) is 28.8 Å². The first-order chi connectivity index (χ1) is 11.1. The van der Waals surface area contributed by atoms with Crippen LogP contribution in [0.2, 0.25) is 0 Å². The Hall–Kier alpha value is -2.05. The number of nitrogens with one attached hydrogen (secondary N) is 1. The summed E-state index contributed by atoms with van der Waals surface area (Å²) >= 11 is 2.95. The van der Waals surface area contributed by atoms with Gasteiger partial charge in [-0.25, -0.2) is 9.38 Å². The Morgan fingerprint density at radius 1 is 1.13 bits per heavy atom. The Morgan fingerprint density at radius 3 is 2.48 bits per heavy atom. The van der Waals surface area contributed by atoms with Crippen molar-refractivity contribution in [2.24, 2.45) is 4.99 Å². The topological polar surface area (TPSA) is 41.5 Å². The Balaban J connectivity index is 1.78. The van der Waals surface area contributed by atoms with Crippen LogP contribution in [-0.4, -0.2) is 17.3 Å². The van der Waals surface area contributed by atoms with E-state index >= 15 is 0 Å². The zero-order chi connectivity index (χ0) is 16.2. The molecule has 1 N–H and O–H groups in total. The van der Waals surface area contributed by atoms with Crippen LogP contribution in [0.1, 0.15) is 5.56 Å². The lowest BCUT2D eigenvalue weighted by Crippen LogP contribution is -2.19. The van der Waals surface area contributed by atoms with Gasteiger partial charge in [0, 0.05) is 4.90 Å². The van der Waals surface area contributed by atoms with Crippen LogP contribution in [0.15, 0.2) is 63.3 Å². The average Bonchev–Trinajstić information content (AvgIpc) is 2.90. The van der Waals surface area contributed by atoms with Gasteiger partial charge in [-0.2, -0.15) is 0 Å². The molecule has 0 spiro atoms. The molecule has 6 heteroatoms. The minimum Gasteiger partial charge on any atom is -0.300 e. The zero-order valence-electron chi connectivity index (χ0n) is 12.2. The maximum absolute atomic E-state index is 12.9. The van der Waals surface area contributed by atoms with E-state index in [2.05, 4.69) is 10.3 Å². The van der Waals surface area contributed by atoms with Crippen molar-refractivity contribution in [1.82, 2.24) is 5.32 Å². The Kier molecular flexibility index (Phi) is 4.83. The number of amidine groups is 1. The van der Waals surface area contributed by atoms with Gasteiger partial charge in [0.05, 0.1) is 10.6 Å². The third-order valence-electron chi connectivity index (χ3n) is 3.12. The van der Waals surface area contributed by atoms with Crippen molar-refractivity contribution in [2.45, 2.75) is 4.90 Å². The van der Waals surface area contributed by atoms with E-state index in [0.717, 1.165) is 5.56 Å². The fourth-order valence-corrected chi connectivity index (χ4v) is 3.21. The van der Waals surface area contributed by atoms with E-state index in [9.17, 15) is 9.18 Å². The molecule has 2 aromatic carbocycles. The maximum Gasteiger partial charge on any atom is 0.264 e. The van der Waals surface area contributed by atoms with Crippen LogP contribution >= 0.6 is 23.5 Å². The van der Waals surface area contributed by atoms with Gasteiger partial charge >= 0.3 is 0 Å². The van der Waals surface area contributed by atoms with E-state index in [1.807, 2.05) is 36.6 Å². The normalized spacial score (nSPS) is 17.7. The number of aliphatic imine (C=N–C) groups is 1. The highest BCUT2D eigenvalue weighted by Gasteiger charge is 2.23. The molecule has 23 heavy (non-hydrogen) atoms. The largest absolute Gasteiger partial charge is 0.300 e. The molecule has 0 radical (unpaired) electrons. The molecule has 3 nitrogen and oxygen atoms in total. The number of halogens is 1. The molecule has 1 aliphatic heterocycles. The molecule has 0 unspecified atom stereocenters. The molecule has 0 aliphatic carbocycles. The molecule has 116 valence electrons. The SMILES string of the molecule is CSc1ccc(C=C2SC(=Nc3ccc(F)cc3)NC2=O)cc1. The van der Waals surface area contributed by atoms with E-state index in [-0.39, 0.29) is 11.7 Å². The van der Waals surface area contributed by atoms with Gasteiger partial charge in [0.25, 0.3) is 5.91 Å². The van der Waals surface area contributed by atoms with Gasteiger partial charge in [0.1, 0.15) is 5.82 Å². The van der Waals surface area contributed by atoms with Gasteiger partial charge in [-0.05, 0) is 66.1 Å². The van der Waals surface area contributed by atoms with Gasteiger partial charge in [0.15, 0.2) is 5.17 Å². The Bertz CT molecular complexity index is 783. The fourth-order valence-electron chi connectivity index (χ4n) is 1.96. The molecule has 1 amide bonds. The molecule has 0 atom stereocenters. The summed E-state index contributed by atoms with van der Waals surface area (Å²) in [7, 11) is 0. The molecular weight excluding hydrogens is 331 g/mol. The predicted octanol–water partition coefficient (Wildman–Crippen LogP) is 4.44. The molecule has 1 heterocycles. The number of hydrogen-bond donors (Lipinski definition) is 1. The summed E-state index contributed by atoms with van der Waals surface area (Å²) in [6.07, 6.45) is 3.85. The first-order valence-electron chi connectivity index (χ1n) is 6.83. The van der Waals surface area contributed by atoms with Crippen molar-refractivity contribution in [2.75, 3.05) is 6.26 Å².